The highest BCUT2D eigenvalue weighted by atomic mass is 16.5. The van der Waals surface area contributed by atoms with Gasteiger partial charge in [0.1, 0.15) is 0 Å². The number of aromatic nitrogens is 1. The van der Waals surface area contributed by atoms with Crippen LogP contribution < -0.4 is 5.56 Å². The van der Waals surface area contributed by atoms with Crippen LogP contribution >= 0.6 is 0 Å². The molecule has 0 aromatic carbocycles. The first kappa shape index (κ1) is 16.0. The number of ether oxygens (including phenoxy) is 1. The second-order valence-corrected chi connectivity index (χ2v) is 4.66. The second-order valence-electron chi connectivity index (χ2n) is 4.66. The number of hydrogen-bond donors (Lipinski definition) is 0. The Balaban J connectivity index is 3.07. The summed E-state index contributed by atoms with van der Waals surface area (Å²) >= 11 is 0. The molecule has 1 aromatic heterocycles. The normalized spacial score (nSPS) is 10.1. The zero-order chi connectivity index (χ0) is 15.1. The van der Waals surface area contributed by atoms with Crippen molar-refractivity contribution in [3.05, 3.63) is 33.2 Å². The summed E-state index contributed by atoms with van der Waals surface area (Å²) in [5.74, 6) is 2.20. The van der Waals surface area contributed by atoms with Crippen LogP contribution in [0.25, 0.3) is 0 Å². The van der Waals surface area contributed by atoms with E-state index in [9.17, 15) is 9.59 Å². The third kappa shape index (κ3) is 3.74. The van der Waals surface area contributed by atoms with Crippen LogP contribution in [0, 0.1) is 26.2 Å². The zero-order valence-corrected chi connectivity index (χ0v) is 12.4. The van der Waals surface area contributed by atoms with Crippen LogP contribution in [0.15, 0.2) is 10.9 Å². The molecule has 0 saturated heterocycles. The van der Waals surface area contributed by atoms with E-state index in [-0.39, 0.29) is 11.5 Å². The molecular weight excluding hydrogens is 254 g/mol. The number of hydrogen-bond acceptors (Lipinski definition) is 3. The van der Waals surface area contributed by atoms with E-state index in [1.54, 1.807) is 25.3 Å². The van der Waals surface area contributed by atoms with E-state index in [4.69, 9.17) is 11.2 Å². The molecule has 0 radical (unpaired) electrons. The first-order valence-electron chi connectivity index (χ1n) is 6.84. The molecule has 108 valence electrons. The number of carbonyl (C=O) groups is 1. The van der Waals surface area contributed by atoms with E-state index in [1.165, 1.54) is 6.07 Å². The van der Waals surface area contributed by atoms with E-state index < -0.39 is 0 Å². The quantitative estimate of drug-likeness (QED) is 0.455. The van der Waals surface area contributed by atoms with E-state index in [0.29, 0.717) is 36.4 Å². The molecule has 1 heterocycles. The summed E-state index contributed by atoms with van der Waals surface area (Å²) in [6, 6.07) is 1.49. The maximum Gasteiger partial charge on any atom is 0.340 e. The number of rotatable bonds is 6. The maximum atomic E-state index is 12.0. The Kier molecular flexibility index (Phi) is 6.05. The van der Waals surface area contributed by atoms with Gasteiger partial charge in [0.15, 0.2) is 0 Å². The molecule has 0 fully saturated rings. The number of unbranched alkanes of at least 4 members (excludes halogenated alkanes) is 2. The highest BCUT2D eigenvalue weighted by molar-refractivity contribution is 5.92. The van der Waals surface area contributed by atoms with Gasteiger partial charge in [0.05, 0.1) is 12.2 Å². The summed E-state index contributed by atoms with van der Waals surface area (Å²) in [6.45, 7) is 6.18. The number of aryl methyl sites for hydroxylation is 1. The third-order valence-corrected chi connectivity index (χ3v) is 3.20. The number of pyridine rings is 1. The molecule has 0 spiro atoms. The molecule has 0 aliphatic carbocycles. The fourth-order valence-corrected chi connectivity index (χ4v) is 2.21. The molecule has 0 aliphatic rings. The molecule has 0 saturated carbocycles. The summed E-state index contributed by atoms with van der Waals surface area (Å²) in [6.07, 6.45) is 7.59. The molecule has 4 heteroatoms. The highest BCUT2D eigenvalue weighted by Crippen LogP contribution is 2.13. The minimum Gasteiger partial charge on any atom is -0.462 e. The summed E-state index contributed by atoms with van der Waals surface area (Å²) in [5.41, 5.74) is 1.72. The van der Waals surface area contributed by atoms with Gasteiger partial charge in [-0.1, -0.05) is 0 Å². The Morgan fingerprint density at radius 3 is 2.70 bits per heavy atom. The predicted octanol–water partition coefficient (Wildman–Crippen LogP) is 2.45. The summed E-state index contributed by atoms with van der Waals surface area (Å²) in [4.78, 5) is 24.0. The van der Waals surface area contributed by atoms with Gasteiger partial charge in [-0.05, 0) is 39.2 Å². The first-order valence-corrected chi connectivity index (χ1v) is 6.84. The Morgan fingerprint density at radius 1 is 1.40 bits per heavy atom. The van der Waals surface area contributed by atoms with Crippen molar-refractivity contribution in [2.75, 3.05) is 6.61 Å². The van der Waals surface area contributed by atoms with Crippen LogP contribution in [0.3, 0.4) is 0 Å². The smallest absolute Gasteiger partial charge is 0.340 e. The SMILES string of the molecule is C#CCCCCn1c(C)c(C(=O)OCC)c(C)cc1=O. The molecule has 0 atom stereocenters. The fourth-order valence-electron chi connectivity index (χ4n) is 2.21. The van der Waals surface area contributed by atoms with Crippen molar-refractivity contribution in [1.82, 2.24) is 4.57 Å². The summed E-state index contributed by atoms with van der Waals surface area (Å²) in [5, 5.41) is 0. The number of nitrogens with zero attached hydrogens (tertiary/aromatic N) is 1. The lowest BCUT2D eigenvalue weighted by Crippen LogP contribution is -2.26. The summed E-state index contributed by atoms with van der Waals surface area (Å²) in [7, 11) is 0. The minimum atomic E-state index is -0.375. The van der Waals surface area contributed by atoms with Gasteiger partial charge in [0.25, 0.3) is 5.56 Å². The van der Waals surface area contributed by atoms with E-state index >= 15 is 0 Å². The molecule has 4 nitrogen and oxygen atoms in total. The Hall–Kier alpha value is -2.02. The maximum absolute atomic E-state index is 12.0. The average Bonchev–Trinajstić information content (AvgIpc) is 2.37. The van der Waals surface area contributed by atoms with E-state index in [2.05, 4.69) is 5.92 Å². The molecule has 20 heavy (non-hydrogen) atoms. The Morgan fingerprint density at radius 2 is 2.10 bits per heavy atom. The lowest BCUT2D eigenvalue weighted by atomic mass is 10.1. The van der Waals surface area contributed by atoms with Crippen molar-refractivity contribution in [1.29, 1.82) is 0 Å². The fraction of sp³-hybridized carbons (Fsp3) is 0.500. The molecule has 0 aliphatic heterocycles. The van der Waals surface area contributed by atoms with Crippen LogP contribution in [-0.4, -0.2) is 17.1 Å². The Bertz CT molecular complexity index is 579. The standard InChI is InChI=1S/C16H21NO3/c1-5-7-8-9-10-17-13(4)15(16(19)20-6-2)12(3)11-14(17)18/h1,11H,6-10H2,2-4H3. The third-order valence-electron chi connectivity index (χ3n) is 3.20. The van der Waals surface area contributed by atoms with Crippen molar-refractivity contribution in [2.24, 2.45) is 0 Å². The molecular formula is C16H21NO3. The molecule has 1 rings (SSSR count). The monoisotopic (exact) mass is 275 g/mol. The van der Waals surface area contributed by atoms with Gasteiger partial charge in [0, 0.05) is 24.7 Å². The number of carbonyl (C=O) groups excluding carboxylic acids is 1. The van der Waals surface area contributed by atoms with E-state index in [1.807, 2.05) is 0 Å². The van der Waals surface area contributed by atoms with Gasteiger partial charge in [-0.15, -0.1) is 12.3 Å². The van der Waals surface area contributed by atoms with Gasteiger partial charge in [-0.25, -0.2) is 4.79 Å². The molecule has 0 unspecified atom stereocenters. The van der Waals surface area contributed by atoms with Gasteiger partial charge in [-0.3, -0.25) is 4.79 Å². The van der Waals surface area contributed by atoms with Crippen LogP contribution in [0.1, 0.15) is 47.8 Å². The van der Waals surface area contributed by atoms with Crippen LogP contribution in [0.2, 0.25) is 0 Å². The average molecular weight is 275 g/mol. The minimum absolute atomic E-state index is 0.0891. The molecule has 0 amide bonds. The van der Waals surface area contributed by atoms with Crippen molar-refractivity contribution in [3.8, 4) is 12.3 Å². The van der Waals surface area contributed by atoms with Gasteiger partial charge >= 0.3 is 5.97 Å². The lowest BCUT2D eigenvalue weighted by molar-refractivity contribution is 0.0523. The Labute approximate surface area is 119 Å². The van der Waals surface area contributed by atoms with Crippen molar-refractivity contribution in [3.63, 3.8) is 0 Å². The molecule has 1 aromatic rings. The lowest BCUT2D eigenvalue weighted by Gasteiger charge is -2.15. The topological polar surface area (TPSA) is 48.3 Å². The largest absolute Gasteiger partial charge is 0.462 e. The van der Waals surface area contributed by atoms with Crippen molar-refractivity contribution < 1.29 is 9.53 Å². The molecule has 0 N–H and O–H groups in total. The molecule has 0 bridgehead atoms. The second kappa shape index (κ2) is 7.54. The highest BCUT2D eigenvalue weighted by Gasteiger charge is 2.17. The summed E-state index contributed by atoms with van der Waals surface area (Å²) < 4.78 is 6.67. The van der Waals surface area contributed by atoms with Crippen LogP contribution in [0.4, 0.5) is 0 Å². The van der Waals surface area contributed by atoms with Crippen molar-refractivity contribution in [2.45, 2.75) is 46.6 Å². The van der Waals surface area contributed by atoms with Gasteiger partial charge in [-0.2, -0.15) is 0 Å². The van der Waals surface area contributed by atoms with Crippen LogP contribution in [-0.2, 0) is 11.3 Å². The van der Waals surface area contributed by atoms with Crippen molar-refractivity contribution >= 4 is 5.97 Å². The predicted molar refractivity (Wildman–Crippen MR) is 78.8 cm³/mol. The number of terminal acetylenes is 1. The van der Waals surface area contributed by atoms with E-state index in [0.717, 1.165) is 12.8 Å². The number of esters is 1. The van der Waals surface area contributed by atoms with Gasteiger partial charge < -0.3 is 9.30 Å². The van der Waals surface area contributed by atoms with Crippen LogP contribution in [0.5, 0.6) is 0 Å². The zero-order valence-electron chi connectivity index (χ0n) is 12.4. The van der Waals surface area contributed by atoms with Gasteiger partial charge in [0.2, 0.25) is 0 Å². The first-order chi connectivity index (χ1) is 9.52.